The van der Waals surface area contributed by atoms with Crippen LogP contribution in [0.2, 0.25) is 0 Å². The van der Waals surface area contributed by atoms with Crippen molar-refractivity contribution in [3.63, 3.8) is 0 Å². The number of fused-ring (bicyclic) bond motifs is 1. The number of rotatable bonds is 2. The third kappa shape index (κ3) is 3.26. The van der Waals surface area contributed by atoms with Crippen LogP contribution in [0.25, 0.3) is 0 Å². The topological polar surface area (TPSA) is 29.3 Å². The summed E-state index contributed by atoms with van der Waals surface area (Å²) in [7, 11) is 0. The van der Waals surface area contributed by atoms with Crippen molar-refractivity contribution in [2.45, 2.75) is 46.1 Å². The number of nitrogens with zero attached hydrogens (tertiary/aromatic N) is 1. The van der Waals surface area contributed by atoms with Crippen molar-refractivity contribution in [1.29, 1.82) is 0 Å². The molecule has 0 saturated heterocycles. The maximum absolute atomic E-state index is 6.26. The van der Waals surface area contributed by atoms with Gasteiger partial charge in [0.25, 0.3) is 0 Å². The van der Waals surface area contributed by atoms with Crippen molar-refractivity contribution >= 4 is 5.69 Å². The first-order valence-corrected chi connectivity index (χ1v) is 7.07. The van der Waals surface area contributed by atoms with E-state index in [1.54, 1.807) is 0 Å². The molecule has 1 atom stereocenters. The molecule has 2 nitrogen and oxygen atoms in total. The lowest BCUT2D eigenvalue weighted by molar-refractivity contribution is 0.378. The van der Waals surface area contributed by atoms with Crippen LogP contribution in [-0.2, 0) is 0 Å². The summed E-state index contributed by atoms with van der Waals surface area (Å²) < 4.78 is 0. The molecule has 0 saturated carbocycles. The number of hydrogen-bond donors (Lipinski definition) is 1. The van der Waals surface area contributed by atoms with Gasteiger partial charge in [-0.05, 0) is 36.3 Å². The molecule has 1 aromatic carbocycles. The van der Waals surface area contributed by atoms with Crippen LogP contribution in [0.3, 0.4) is 0 Å². The van der Waals surface area contributed by atoms with E-state index in [0.717, 1.165) is 19.5 Å². The zero-order chi connectivity index (χ0) is 13.2. The number of benzene rings is 1. The van der Waals surface area contributed by atoms with Crippen LogP contribution in [0.5, 0.6) is 0 Å². The largest absolute Gasteiger partial charge is 0.371 e. The maximum atomic E-state index is 6.26. The van der Waals surface area contributed by atoms with Crippen LogP contribution < -0.4 is 10.6 Å². The molecule has 1 unspecified atom stereocenters. The minimum atomic E-state index is 0.209. The molecule has 1 aliphatic rings. The summed E-state index contributed by atoms with van der Waals surface area (Å²) >= 11 is 0. The van der Waals surface area contributed by atoms with Crippen LogP contribution in [-0.4, -0.2) is 13.1 Å². The molecule has 0 radical (unpaired) electrons. The Morgan fingerprint density at radius 3 is 2.72 bits per heavy atom. The Balaban J connectivity index is 2.18. The van der Waals surface area contributed by atoms with Crippen LogP contribution in [0, 0.1) is 5.41 Å². The molecule has 2 rings (SSSR count). The molecular weight excluding hydrogens is 220 g/mol. The molecule has 2 heteroatoms. The van der Waals surface area contributed by atoms with Gasteiger partial charge in [0.2, 0.25) is 0 Å². The van der Waals surface area contributed by atoms with Gasteiger partial charge in [-0.25, -0.2) is 0 Å². The molecule has 0 amide bonds. The molecule has 0 aliphatic carbocycles. The Kier molecular flexibility index (Phi) is 3.96. The fraction of sp³-hybridized carbons (Fsp3) is 0.625. The summed E-state index contributed by atoms with van der Waals surface area (Å²) in [6.45, 7) is 9.20. The summed E-state index contributed by atoms with van der Waals surface area (Å²) in [5, 5.41) is 0. The summed E-state index contributed by atoms with van der Waals surface area (Å²) in [5.74, 6) is 0. The van der Waals surface area contributed by atoms with Crippen molar-refractivity contribution < 1.29 is 0 Å². The van der Waals surface area contributed by atoms with Gasteiger partial charge >= 0.3 is 0 Å². The lowest BCUT2D eigenvalue weighted by Gasteiger charge is -2.29. The van der Waals surface area contributed by atoms with Crippen LogP contribution in [0.4, 0.5) is 5.69 Å². The van der Waals surface area contributed by atoms with E-state index >= 15 is 0 Å². The zero-order valence-corrected chi connectivity index (χ0v) is 11.9. The number of anilines is 1. The first-order valence-electron chi connectivity index (χ1n) is 7.07. The Morgan fingerprint density at radius 1 is 1.28 bits per heavy atom. The van der Waals surface area contributed by atoms with Gasteiger partial charge < -0.3 is 10.6 Å². The third-order valence-corrected chi connectivity index (χ3v) is 3.75. The smallest absolute Gasteiger partial charge is 0.0414 e. The molecule has 2 N–H and O–H groups in total. The third-order valence-electron chi connectivity index (χ3n) is 3.75. The van der Waals surface area contributed by atoms with Crippen LogP contribution in [0.15, 0.2) is 24.3 Å². The predicted molar refractivity (Wildman–Crippen MR) is 78.9 cm³/mol. The van der Waals surface area contributed by atoms with Gasteiger partial charge in [-0.1, -0.05) is 39.0 Å². The van der Waals surface area contributed by atoms with Gasteiger partial charge in [0.05, 0.1) is 0 Å². The maximum Gasteiger partial charge on any atom is 0.0414 e. The average Bonchev–Trinajstić information content (AvgIpc) is 2.46. The van der Waals surface area contributed by atoms with Gasteiger partial charge in [0, 0.05) is 24.8 Å². The number of para-hydroxylation sites is 1. The van der Waals surface area contributed by atoms with E-state index in [0.29, 0.717) is 5.41 Å². The van der Waals surface area contributed by atoms with E-state index in [9.17, 15) is 0 Å². The lowest BCUT2D eigenvalue weighted by Crippen LogP contribution is -2.28. The minimum absolute atomic E-state index is 0.209. The molecule has 1 aliphatic heterocycles. The molecule has 100 valence electrons. The molecule has 1 heterocycles. The first-order chi connectivity index (χ1) is 8.47. The summed E-state index contributed by atoms with van der Waals surface area (Å²) in [5.41, 5.74) is 9.33. The van der Waals surface area contributed by atoms with E-state index in [-0.39, 0.29) is 6.04 Å². The Labute approximate surface area is 111 Å². The highest BCUT2D eigenvalue weighted by Crippen LogP contribution is 2.32. The van der Waals surface area contributed by atoms with Crippen LogP contribution in [0.1, 0.15) is 51.6 Å². The summed E-state index contributed by atoms with van der Waals surface area (Å²) in [6, 6.07) is 8.85. The number of nitrogens with two attached hydrogens (primary N) is 1. The fourth-order valence-corrected chi connectivity index (χ4v) is 2.57. The molecule has 18 heavy (non-hydrogen) atoms. The van der Waals surface area contributed by atoms with Gasteiger partial charge in [0.1, 0.15) is 0 Å². The Morgan fingerprint density at radius 2 is 2.00 bits per heavy atom. The molecule has 0 aromatic heterocycles. The SMILES string of the molecule is CC(C)(C)CCN1CCCC(N)c2ccccc21. The molecule has 1 aromatic rings. The average molecular weight is 246 g/mol. The van der Waals surface area contributed by atoms with Crippen molar-refractivity contribution in [2.24, 2.45) is 11.1 Å². The van der Waals surface area contributed by atoms with Gasteiger partial charge in [0.15, 0.2) is 0 Å². The summed E-state index contributed by atoms with van der Waals surface area (Å²) in [4.78, 5) is 2.52. The second kappa shape index (κ2) is 5.31. The van der Waals surface area contributed by atoms with Gasteiger partial charge in [-0.3, -0.25) is 0 Å². The predicted octanol–water partition coefficient (Wildman–Crippen LogP) is 3.72. The van der Waals surface area contributed by atoms with Crippen molar-refractivity contribution in [3.8, 4) is 0 Å². The van der Waals surface area contributed by atoms with Gasteiger partial charge in [-0.15, -0.1) is 0 Å². The van der Waals surface area contributed by atoms with Crippen LogP contribution >= 0.6 is 0 Å². The lowest BCUT2D eigenvalue weighted by atomic mass is 9.92. The van der Waals surface area contributed by atoms with Crippen molar-refractivity contribution in [3.05, 3.63) is 29.8 Å². The quantitative estimate of drug-likeness (QED) is 0.861. The molecule has 0 spiro atoms. The van der Waals surface area contributed by atoms with E-state index < -0.39 is 0 Å². The van der Waals surface area contributed by atoms with Crippen molar-refractivity contribution in [1.82, 2.24) is 0 Å². The van der Waals surface area contributed by atoms with E-state index in [2.05, 4.69) is 49.9 Å². The second-order valence-corrected chi connectivity index (χ2v) is 6.61. The standard InChI is InChI=1S/C16H26N2/c1-16(2,3)10-12-18-11-6-8-14(17)13-7-4-5-9-15(13)18/h4-5,7,9,14H,6,8,10-12,17H2,1-3H3. The van der Waals surface area contributed by atoms with Crippen molar-refractivity contribution in [2.75, 3.05) is 18.0 Å². The molecule has 0 fully saturated rings. The first kappa shape index (κ1) is 13.4. The van der Waals surface area contributed by atoms with E-state index in [1.165, 1.54) is 24.1 Å². The normalized spacial score (nSPS) is 20.4. The van der Waals surface area contributed by atoms with Gasteiger partial charge in [-0.2, -0.15) is 0 Å². The second-order valence-electron chi connectivity index (χ2n) is 6.61. The highest BCUT2D eigenvalue weighted by Gasteiger charge is 2.21. The highest BCUT2D eigenvalue weighted by atomic mass is 15.1. The monoisotopic (exact) mass is 246 g/mol. The molecular formula is C16H26N2. The zero-order valence-electron chi connectivity index (χ0n) is 11.9. The van der Waals surface area contributed by atoms with E-state index in [4.69, 9.17) is 5.73 Å². The fourth-order valence-electron chi connectivity index (χ4n) is 2.57. The van der Waals surface area contributed by atoms with E-state index in [1.807, 2.05) is 0 Å². The minimum Gasteiger partial charge on any atom is -0.371 e. The number of hydrogen-bond acceptors (Lipinski definition) is 2. The summed E-state index contributed by atoms with van der Waals surface area (Å²) in [6.07, 6.45) is 3.51. The Hall–Kier alpha value is -1.02. The Bertz CT molecular complexity index is 392. The highest BCUT2D eigenvalue weighted by molar-refractivity contribution is 5.55. The molecule has 0 bridgehead atoms.